The molecule has 1 fully saturated rings. The molecule has 1 N–H and O–H groups in total. The fraction of sp³-hybridized carbons (Fsp3) is 0.524. The van der Waals surface area contributed by atoms with Crippen LogP contribution in [-0.2, 0) is 16.1 Å². The third-order valence-electron chi connectivity index (χ3n) is 5.01. The fourth-order valence-corrected chi connectivity index (χ4v) is 3.72. The zero-order valence-corrected chi connectivity index (χ0v) is 16.0. The molecule has 26 heavy (non-hydrogen) atoms. The van der Waals surface area contributed by atoms with Crippen molar-refractivity contribution in [1.82, 2.24) is 14.9 Å². The lowest BCUT2D eigenvalue weighted by atomic mass is 9.84. The predicted octanol–water partition coefficient (Wildman–Crippen LogP) is 3.75. The van der Waals surface area contributed by atoms with E-state index in [1.54, 1.807) is 0 Å². The Balaban J connectivity index is 1.89. The van der Waals surface area contributed by atoms with Crippen molar-refractivity contribution < 1.29 is 9.53 Å². The minimum atomic E-state index is -0.123. The van der Waals surface area contributed by atoms with Gasteiger partial charge in [-0.2, -0.15) is 0 Å². The Labute approximate surface area is 155 Å². The summed E-state index contributed by atoms with van der Waals surface area (Å²) in [6.07, 6.45) is 4.40. The summed E-state index contributed by atoms with van der Waals surface area (Å²) >= 11 is 0. The molecule has 1 atom stereocenters. The van der Waals surface area contributed by atoms with Gasteiger partial charge >= 0.3 is 0 Å². The molecule has 0 spiro atoms. The Morgan fingerprint density at radius 1 is 1.35 bits per heavy atom. The quantitative estimate of drug-likeness (QED) is 0.858. The molecule has 1 aromatic heterocycles. The Morgan fingerprint density at radius 2 is 2.12 bits per heavy atom. The van der Waals surface area contributed by atoms with Crippen LogP contribution in [0.1, 0.15) is 51.6 Å². The summed E-state index contributed by atoms with van der Waals surface area (Å²) in [5.41, 5.74) is 3.33. The standard InChI is InChI=1S/C21H29N3O2/c1-4-18(25)22-11-12-24-15-23-19(16-8-6-5-7-9-16)20(24)17-10-13-26-21(2,3)14-17/h5-9,15,17H,4,10-14H2,1-3H3,(H,22,25)/t17-/m0/s1. The normalized spacial score (nSPS) is 19.3. The van der Waals surface area contributed by atoms with Gasteiger partial charge in [0.2, 0.25) is 5.91 Å². The van der Waals surface area contributed by atoms with E-state index < -0.39 is 0 Å². The van der Waals surface area contributed by atoms with Crippen molar-refractivity contribution in [1.29, 1.82) is 0 Å². The molecule has 0 unspecified atom stereocenters. The Hall–Kier alpha value is -2.14. The fourth-order valence-electron chi connectivity index (χ4n) is 3.72. The van der Waals surface area contributed by atoms with Crippen LogP contribution in [0.15, 0.2) is 36.7 Å². The van der Waals surface area contributed by atoms with Crippen molar-refractivity contribution in [2.75, 3.05) is 13.2 Å². The third-order valence-corrected chi connectivity index (χ3v) is 5.01. The van der Waals surface area contributed by atoms with E-state index in [1.807, 2.05) is 31.5 Å². The summed E-state index contributed by atoms with van der Waals surface area (Å²) in [5.74, 6) is 0.487. The largest absolute Gasteiger partial charge is 0.376 e. The highest BCUT2D eigenvalue weighted by Crippen LogP contribution is 2.39. The number of hydrogen-bond acceptors (Lipinski definition) is 3. The summed E-state index contributed by atoms with van der Waals surface area (Å²) in [6, 6.07) is 10.3. The number of rotatable bonds is 6. The van der Waals surface area contributed by atoms with E-state index in [1.165, 1.54) is 5.69 Å². The molecule has 1 aliphatic heterocycles. The summed E-state index contributed by atoms with van der Waals surface area (Å²) in [7, 11) is 0. The van der Waals surface area contributed by atoms with Crippen LogP contribution in [-0.4, -0.2) is 34.2 Å². The van der Waals surface area contributed by atoms with Gasteiger partial charge in [-0.05, 0) is 26.7 Å². The number of hydrogen-bond donors (Lipinski definition) is 1. The lowest BCUT2D eigenvalue weighted by Crippen LogP contribution is -2.34. The Morgan fingerprint density at radius 3 is 2.81 bits per heavy atom. The van der Waals surface area contributed by atoms with Gasteiger partial charge in [-0.25, -0.2) is 4.98 Å². The van der Waals surface area contributed by atoms with E-state index in [4.69, 9.17) is 9.72 Å². The molecule has 1 amide bonds. The molecule has 2 heterocycles. The molecule has 2 aromatic rings. The first kappa shape index (κ1) is 18.6. The zero-order chi connectivity index (χ0) is 18.6. The van der Waals surface area contributed by atoms with Crippen LogP contribution < -0.4 is 5.32 Å². The zero-order valence-electron chi connectivity index (χ0n) is 16.0. The number of nitrogens with zero attached hydrogens (tertiary/aromatic N) is 2. The first-order chi connectivity index (χ1) is 12.5. The first-order valence-electron chi connectivity index (χ1n) is 9.51. The summed E-state index contributed by atoms with van der Waals surface area (Å²) in [6.45, 7) is 8.31. The lowest BCUT2D eigenvalue weighted by Gasteiger charge is -2.36. The number of amides is 1. The molecule has 140 valence electrons. The minimum absolute atomic E-state index is 0.0853. The van der Waals surface area contributed by atoms with Gasteiger partial charge in [-0.1, -0.05) is 37.3 Å². The second kappa shape index (κ2) is 8.04. The number of carbonyl (C=O) groups excluding carboxylic acids is 1. The summed E-state index contributed by atoms with van der Waals surface area (Å²) in [4.78, 5) is 16.3. The van der Waals surface area contributed by atoms with Crippen LogP contribution in [0.25, 0.3) is 11.3 Å². The number of nitrogens with one attached hydrogen (secondary N) is 1. The number of aromatic nitrogens is 2. The van der Waals surface area contributed by atoms with Crippen molar-refractivity contribution in [3.8, 4) is 11.3 Å². The molecule has 3 rings (SSSR count). The van der Waals surface area contributed by atoms with Crippen molar-refractivity contribution in [2.24, 2.45) is 0 Å². The molecular weight excluding hydrogens is 326 g/mol. The molecule has 0 saturated carbocycles. The Kier molecular flexibility index (Phi) is 5.77. The van der Waals surface area contributed by atoms with Crippen LogP contribution in [0.2, 0.25) is 0 Å². The maximum atomic E-state index is 11.5. The third kappa shape index (κ3) is 4.33. The van der Waals surface area contributed by atoms with Crippen LogP contribution in [0.4, 0.5) is 0 Å². The van der Waals surface area contributed by atoms with E-state index in [2.05, 4.69) is 35.9 Å². The van der Waals surface area contributed by atoms with Gasteiger partial charge in [-0.15, -0.1) is 0 Å². The summed E-state index contributed by atoms with van der Waals surface area (Å²) in [5, 5.41) is 2.96. The molecule has 1 aromatic carbocycles. The SMILES string of the molecule is CCC(=O)NCCn1cnc(-c2ccccc2)c1[C@H]1CCOC(C)(C)C1. The van der Waals surface area contributed by atoms with E-state index >= 15 is 0 Å². The topological polar surface area (TPSA) is 56.2 Å². The maximum Gasteiger partial charge on any atom is 0.219 e. The molecule has 0 radical (unpaired) electrons. The van der Waals surface area contributed by atoms with Crippen molar-refractivity contribution in [3.63, 3.8) is 0 Å². The van der Waals surface area contributed by atoms with Gasteiger partial charge in [0.1, 0.15) is 0 Å². The molecule has 0 bridgehead atoms. The molecule has 1 saturated heterocycles. The van der Waals surface area contributed by atoms with Gasteiger partial charge in [0.25, 0.3) is 0 Å². The smallest absolute Gasteiger partial charge is 0.219 e. The van der Waals surface area contributed by atoms with Crippen LogP contribution >= 0.6 is 0 Å². The number of imidazole rings is 1. The van der Waals surface area contributed by atoms with Crippen molar-refractivity contribution in [3.05, 3.63) is 42.4 Å². The Bertz CT molecular complexity index is 737. The van der Waals surface area contributed by atoms with E-state index in [0.717, 1.165) is 37.3 Å². The minimum Gasteiger partial charge on any atom is -0.376 e. The summed E-state index contributed by atoms with van der Waals surface area (Å²) < 4.78 is 8.13. The van der Waals surface area contributed by atoms with Crippen molar-refractivity contribution >= 4 is 5.91 Å². The van der Waals surface area contributed by atoms with E-state index in [9.17, 15) is 4.79 Å². The van der Waals surface area contributed by atoms with Gasteiger partial charge in [0.15, 0.2) is 0 Å². The molecular formula is C21H29N3O2. The van der Waals surface area contributed by atoms with Crippen LogP contribution in [0.3, 0.4) is 0 Å². The molecule has 1 aliphatic rings. The average Bonchev–Trinajstić information content (AvgIpc) is 3.05. The van der Waals surface area contributed by atoms with Gasteiger partial charge in [0, 0.05) is 43.3 Å². The molecule has 5 nitrogen and oxygen atoms in total. The highest BCUT2D eigenvalue weighted by molar-refractivity contribution is 5.75. The van der Waals surface area contributed by atoms with Gasteiger partial charge in [0.05, 0.1) is 17.6 Å². The van der Waals surface area contributed by atoms with Gasteiger partial charge in [-0.3, -0.25) is 4.79 Å². The van der Waals surface area contributed by atoms with E-state index in [-0.39, 0.29) is 11.5 Å². The first-order valence-corrected chi connectivity index (χ1v) is 9.51. The predicted molar refractivity (Wildman–Crippen MR) is 103 cm³/mol. The molecule has 0 aliphatic carbocycles. The highest BCUT2D eigenvalue weighted by Gasteiger charge is 2.33. The second-order valence-electron chi connectivity index (χ2n) is 7.54. The maximum absolute atomic E-state index is 11.5. The highest BCUT2D eigenvalue weighted by atomic mass is 16.5. The average molecular weight is 355 g/mol. The number of benzene rings is 1. The molecule has 5 heteroatoms. The number of ether oxygens (including phenoxy) is 1. The van der Waals surface area contributed by atoms with E-state index in [0.29, 0.717) is 18.9 Å². The number of carbonyl (C=O) groups is 1. The van der Waals surface area contributed by atoms with Crippen LogP contribution in [0.5, 0.6) is 0 Å². The van der Waals surface area contributed by atoms with Crippen LogP contribution in [0, 0.1) is 0 Å². The van der Waals surface area contributed by atoms with Gasteiger partial charge < -0.3 is 14.6 Å². The second-order valence-corrected chi connectivity index (χ2v) is 7.54. The van der Waals surface area contributed by atoms with Crippen molar-refractivity contribution in [2.45, 2.75) is 58.1 Å². The monoisotopic (exact) mass is 355 g/mol. The lowest BCUT2D eigenvalue weighted by molar-refractivity contribution is -0.120.